The Balaban J connectivity index is 2.30. The zero-order valence-corrected chi connectivity index (χ0v) is 9.67. The van der Waals surface area contributed by atoms with E-state index in [2.05, 4.69) is 11.2 Å². The van der Waals surface area contributed by atoms with E-state index in [0.717, 1.165) is 23.2 Å². The third-order valence-corrected chi connectivity index (χ3v) is 2.70. The molecule has 2 N–H and O–H groups in total. The first-order valence-electron chi connectivity index (χ1n) is 5.54. The topological polar surface area (TPSA) is 67.6 Å². The van der Waals surface area contributed by atoms with Gasteiger partial charge < -0.3 is 5.73 Å². The summed E-state index contributed by atoms with van der Waals surface area (Å²) in [6.07, 6.45) is 4.41. The molecule has 86 valence electrons. The first-order valence-corrected chi connectivity index (χ1v) is 5.54. The van der Waals surface area contributed by atoms with Crippen molar-refractivity contribution in [3.8, 4) is 17.2 Å². The van der Waals surface area contributed by atoms with Crippen molar-refractivity contribution in [3.05, 3.63) is 36.7 Å². The molecule has 0 aliphatic rings. The second-order valence-corrected chi connectivity index (χ2v) is 3.88. The first kappa shape index (κ1) is 11.2. The normalized spacial score (nSPS) is 12.0. The summed E-state index contributed by atoms with van der Waals surface area (Å²) in [6.45, 7) is 1.97. The standard InChI is InChI=1S/C13H14N4/c1-2-13(7-14)17-9-11(8-16-17)10-3-5-12(15)6-4-10/h3-6,8-9,13H,2,15H2,1H3. The molecule has 0 saturated heterocycles. The summed E-state index contributed by atoms with van der Waals surface area (Å²) < 4.78 is 1.70. The molecule has 2 rings (SSSR count). The molecule has 0 aliphatic carbocycles. The lowest BCUT2D eigenvalue weighted by Crippen LogP contribution is -2.05. The van der Waals surface area contributed by atoms with Gasteiger partial charge in [-0.3, -0.25) is 4.68 Å². The lowest BCUT2D eigenvalue weighted by atomic mass is 10.1. The minimum absolute atomic E-state index is 0.197. The van der Waals surface area contributed by atoms with Crippen molar-refractivity contribution in [2.75, 3.05) is 5.73 Å². The van der Waals surface area contributed by atoms with E-state index < -0.39 is 0 Å². The van der Waals surface area contributed by atoms with Crippen LogP contribution in [0.15, 0.2) is 36.7 Å². The van der Waals surface area contributed by atoms with E-state index in [4.69, 9.17) is 11.0 Å². The van der Waals surface area contributed by atoms with Crippen molar-refractivity contribution in [3.63, 3.8) is 0 Å². The molecule has 1 heterocycles. The fourth-order valence-corrected chi connectivity index (χ4v) is 1.67. The van der Waals surface area contributed by atoms with Crippen LogP contribution in [0.25, 0.3) is 11.1 Å². The maximum atomic E-state index is 8.97. The number of hydrogen-bond donors (Lipinski definition) is 1. The van der Waals surface area contributed by atoms with Crippen LogP contribution in [-0.2, 0) is 0 Å². The molecule has 17 heavy (non-hydrogen) atoms. The van der Waals surface area contributed by atoms with Crippen molar-refractivity contribution in [1.82, 2.24) is 9.78 Å². The van der Waals surface area contributed by atoms with Crippen LogP contribution in [0.2, 0.25) is 0 Å². The molecule has 0 bridgehead atoms. The molecule has 1 aromatic carbocycles. The van der Waals surface area contributed by atoms with E-state index >= 15 is 0 Å². The number of nitrogens with zero attached hydrogens (tertiary/aromatic N) is 3. The summed E-state index contributed by atoms with van der Waals surface area (Å²) in [4.78, 5) is 0. The van der Waals surface area contributed by atoms with Gasteiger partial charge in [0, 0.05) is 17.4 Å². The van der Waals surface area contributed by atoms with Crippen LogP contribution in [0, 0.1) is 11.3 Å². The second kappa shape index (κ2) is 4.71. The molecule has 4 heteroatoms. The van der Waals surface area contributed by atoms with Crippen LogP contribution in [0.3, 0.4) is 0 Å². The Bertz CT molecular complexity index is 533. The van der Waals surface area contributed by atoms with Gasteiger partial charge in [-0.25, -0.2) is 0 Å². The lowest BCUT2D eigenvalue weighted by molar-refractivity contribution is 0.534. The highest BCUT2D eigenvalue weighted by atomic mass is 15.3. The average Bonchev–Trinajstić information content (AvgIpc) is 2.81. The fourth-order valence-electron chi connectivity index (χ4n) is 1.67. The SMILES string of the molecule is CCC(C#N)n1cc(-c2ccc(N)cc2)cn1. The summed E-state index contributed by atoms with van der Waals surface area (Å²) in [5.41, 5.74) is 8.43. The molecule has 1 atom stereocenters. The van der Waals surface area contributed by atoms with Crippen LogP contribution in [-0.4, -0.2) is 9.78 Å². The fraction of sp³-hybridized carbons (Fsp3) is 0.231. The molecule has 0 spiro atoms. The van der Waals surface area contributed by atoms with Crippen LogP contribution in [0.4, 0.5) is 5.69 Å². The van der Waals surface area contributed by atoms with Gasteiger partial charge in [0.1, 0.15) is 6.04 Å². The molecule has 0 fully saturated rings. The average molecular weight is 226 g/mol. The molecular formula is C13H14N4. The highest BCUT2D eigenvalue weighted by Crippen LogP contribution is 2.21. The lowest BCUT2D eigenvalue weighted by Gasteiger charge is -2.04. The van der Waals surface area contributed by atoms with Crippen LogP contribution in [0.5, 0.6) is 0 Å². The van der Waals surface area contributed by atoms with Crippen molar-refractivity contribution in [2.24, 2.45) is 0 Å². The van der Waals surface area contributed by atoms with Crippen LogP contribution >= 0.6 is 0 Å². The maximum Gasteiger partial charge on any atom is 0.138 e. The van der Waals surface area contributed by atoms with Gasteiger partial charge in [0.2, 0.25) is 0 Å². The predicted molar refractivity (Wildman–Crippen MR) is 67.0 cm³/mol. The highest BCUT2D eigenvalue weighted by Gasteiger charge is 2.09. The number of aromatic nitrogens is 2. The van der Waals surface area contributed by atoms with E-state index in [9.17, 15) is 0 Å². The zero-order valence-electron chi connectivity index (χ0n) is 9.67. The van der Waals surface area contributed by atoms with Crippen LogP contribution < -0.4 is 5.73 Å². The van der Waals surface area contributed by atoms with Gasteiger partial charge in [0.15, 0.2) is 0 Å². The smallest absolute Gasteiger partial charge is 0.138 e. The molecule has 1 unspecified atom stereocenters. The van der Waals surface area contributed by atoms with Gasteiger partial charge in [-0.2, -0.15) is 10.4 Å². The Kier molecular flexibility index (Phi) is 3.10. The number of nitrogens with two attached hydrogens (primary N) is 1. The summed E-state index contributed by atoms with van der Waals surface area (Å²) in [5, 5.41) is 13.2. The van der Waals surface area contributed by atoms with Gasteiger partial charge in [-0.1, -0.05) is 19.1 Å². The molecule has 0 saturated carbocycles. The Hall–Kier alpha value is -2.28. The highest BCUT2D eigenvalue weighted by molar-refractivity contribution is 5.64. The van der Waals surface area contributed by atoms with Gasteiger partial charge in [-0.15, -0.1) is 0 Å². The van der Waals surface area contributed by atoms with E-state index in [-0.39, 0.29) is 6.04 Å². The molecule has 2 aromatic rings. The predicted octanol–water partition coefficient (Wildman–Crippen LogP) is 2.61. The van der Waals surface area contributed by atoms with Crippen molar-refractivity contribution in [2.45, 2.75) is 19.4 Å². The second-order valence-electron chi connectivity index (χ2n) is 3.88. The summed E-state index contributed by atoms with van der Waals surface area (Å²) >= 11 is 0. The van der Waals surface area contributed by atoms with E-state index in [1.54, 1.807) is 10.9 Å². The van der Waals surface area contributed by atoms with Gasteiger partial charge >= 0.3 is 0 Å². The van der Waals surface area contributed by atoms with Crippen molar-refractivity contribution in [1.29, 1.82) is 5.26 Å². The summed E-state index contributed by atoms with van der Waals surface area (Å²) in [6, 6.07) is 9.63. The Morgan fingerprint density at radius 1 is 1.35 bits per heavy atom. The molecule has 1 aromatic heterocycles. The quantitative estimate of drug-likeness (QED) is 0.818. The molecule has 0 radical (unpaired) electrons. The number of rotatable bonds is 3. The molecule has 0 aliphatic heterocycles. The van der Waals surface area contributed by atoms with E-state index in [1.807, 2.05) is 37.4 Å². The third kappa shape index (κ3) is 2.28. The zero-order chi connectivity index (χ0) is 12.3. The van der Waals surface area contributed by atoms with Gasteiger partial charge in [0.05, 0.1) is 12.3 Å². The number of anilines is 1. The number of nitriles is 1. The molecule has 0 amide bonds. The molecule has 4 nitrogen and oxygen atoms in total. The van der Waals surface area contributed by atoms with Crippen molar-refractivity contribution < 1.29 is 0 Å². The summed E-state index contributed by atoms with van der Waals surface area (Å²) in [7, 11) is 0. The first-order chi connectivity index (χ1) is 8.24. The maximum absolute atomic E-state index is 8.97. The van der Waals surface area contributed by atoms with E-state index in [0.29, 0.717) is 0 Å². The van der Waals surface area contributed by atoms with Crippen LogP contribution in [0.1, 0.15) is 19.4 Å². The largest absolute Gasteiger partial charge is 0.399 e. The number of benzene rings is 1. The Morgan fingerprint density at radius 2 is 2.06 bits per heavy atom. The number of hydrogen-bond acceptors (Lipinski definition) is 3. The van der Waals surface area contributed by atoms with Gasteiger partial charge in [0.25, 0.3) is 0 Å². The third-order valence-electron chi connectivity index (χ3n) is 2.70. The minimum atomic E-state index is -0.197. The van der Waals surface area contributed by atoms with E-state index in [1.165, 1.54) is 0 Å². The molecular weight excluding hydrogens is 212 g/mol. The van der Waals surface area contributed by atoms with Gasteiger partial charge in [-0.05, 0) is 24.1 Å². The number of nitrogen functional groups attached to an aromatic ring is 1. The Morgan fingerprint density at radius 3 is 2.65 bits per heavy atom. The Labute approximate surface area is 100 Å². The van der Waals surface area contributed by atoms with Crippen molar-refractivity contribution >= 4 is 5.69 Å². The monoisotopic (exact) mass is 226 g/mol. The minimum Gasteiger partial charge on any atom is -0.399 e. The summed E-state index contributed by atoms with van der Waals surface area (Å²) in [5.74, 6) is 0.